The van der Waals surface area contributed by atoms with E-state index in [1.54, 1.807) is 0 Å². The van der Waals surface area contributed by atoms with Crippen molar-refractivity contribution in [1.82, 2.24) is 15.1 Å². The Morgan fingerprint density at radius 1 is 1.22 bits per heavy atom. The van der Waals surface area contributed by atoms with Gasteiger partial charge in [0.15, 0.2) is 5.82 Å². The largest absolute Gasteiger partial charge is 0.490 e. The Kier molecular flexibility index (Phi) is 7.02. The average molecular weight is 388 g/mol. The number of nitrogens with zero attached hydrogens (tertiary/aromatic N) is 4. The molecule has 2 saturated heterocycles. The molecule has 1 atom stereocenters. The van der Waals surface area contributed by atoms with Gasteiger partial charge in [-0.1, -0.05) is 6.92 Å². The van der Waals surface area contributed by atoms with Crippen LogP contribution in [-0.2, 0) is 4.79 Å². The highest BCUT2D eigenvalue weighted by Crippen LogP contribution is 2.39. The lowest BCUT2D eigenvalue weighted by atomic mass is 9.79. The molecular formula is C18H27F3N4O2. The SMILES string of the molecule is CCCN1CCC2(CCCN(c3ccc(C)nn3)C2)C1.O=C(O)C(F)(F)F. The summed E-state index contributed by atoms with van der Waals surface area (Å²) in [6.07, 6.45) is 0.199. The number of anilines is 1. The van der Waals surface area contributed by atoms with Gasteiger partial charge in [-0.3, -0.25) is 0 Å². The first-order chi connectivity index (χ1) is 12.6. The summed E-state index contributed by atoms with van der Waals surface area (Å²) in [5.74, 6) is -1.70. The molecule has 3 rings (SSSR count). The second-order valence-electron chi connectivity index (χ2n) is 7.39. The number of rotatable bonds is 3. The summed E-state index contributed by atoms with van der Waals surface area (Å²) in [5.41, 5.74) is 1.50. The highest BCUT2D eigenvalue weighted by molar-refractivity contribution is 5.73. The minimum absolute atomic E-state index is 0.500. The Morgan fingerprint density at radius 2 is 1.93 bits per heavy atom. The van der Waals surface area contributed by atoms with Gasteiger partial charge in [0.05, 0.1) is 5.69 Å². The van der Waals surface area contributed by atoms with Crippen LogP contribution in [0.25, 0.3) is 0 Å². The minimum Gasteiger partial charge on any atom is -0.475 e. The molecule has 0 radical (unpaired) electrons. The van der Waals surface area contributed by atoms with Crippen LogP contribution >= 0.6 is 0 Å². The molecule has 0 bridgehead atoms. The Labute approximate surface area is 157 Å². The predicted octanol–water partition coefficient (Wildman–Crippen LogP) is 3.12. The summed E-state index contributed by atoms with van der Waals surface area (Å²) >= 11 is 0. The van der Waals surface area contributed by atoms with Crippen LogP contribution in [0.5, 0.6) is 0 Å². The van der Waals surface area contributed by atoms with Crippen molar-refractivity contribution in [2.45, 2.75) is 45.7 Å². The summed E-state index contributed by atoms with van der Waals surface area (Å²) in [7, 11) is 0. The number of carboxylic acid groups (broad SMARTS) is 1. The average Bonchev–Trinajstić information content (AvgIpc) is 2.97. The van der Waals surface area contributed by atoms with Gasteiger partial charge in [0.1, 0.15) is 0 Å². The summed E-state index contributed by atoms with van der Waals surface area (Å²) in [4.78, 5) is 14.0. The van der Waals surface area contributed by atoms with E-state index in [1.165, 1.54) is 45.3 Å². The fraction of sp³-hybridized carbons (Fsp3) is 0.722. The first kappa shape index (κ1) is 21.4. The maximum Gasteiger partial charge on any atom is 0.490 e. The molecule has 0 amide bonds. The second kappa shape index (κ2) is 8.86. The lowest BCUT2D eigenvalue weighted by molar-refractivity contribution is -0.192. The third-order valence-electron chi connectivity index (χ3n) is 5.07. The van der Waals surface area contributed by atoms with Crippen LogP contribution < -0.4 is 4.90 Å². The quantitative estimate of drug-likeness (QED) is 0.858. The predicted molar refractivity (Wildman–Crippen MR) is 95.7 cm³/mol. The Morgan fingerprint density at radius 3 is 2.48 bits per heavy atom. The fourth-order valence-corrected chi connectivity index (χ4v) is 3.83. The first-order valence-electron chi connectivity index (χ1n) is 9.23. The number of hydrogen-bond acceptors (Lipinski definition) is 5. The van der Waals surface area contributed by atoms with E-state index in [2.05, 4.69) is 39.1 Å². The van der Waals surface area contributed by atoms with Gasteiger partial charge in [-0.2, -0.15) is 18.3 Å². The van der Waals surface area contributed by atoms with Gasteiger partial charge < -0.3 is 14.9 Å². The zero-order valence-corrected chi connectivity index (χ0v) is 15.8. The molecular weight excluding hydrogens is 361 g/mol. The molecule has 2 fully saturated rings. The zero-order valence-electron chi connectivity index (χ0n) is 15.8. The van der Waals surface area contributed by atoms with Crippen LogP contribution in [0.15, 0.2) is 12.1 Å². The molecule has 0 saturated carbocycles. The van der Waals surface area contributed by atoms with E-state index in [9.17, 15) is 13.2 Å². The molecule has 1 unspecified atom stereocenters. The molecule has 1 aromatic heterocycles. The number of aromatic nitrogens is 2. The first-order valence-corrected chi connectivity index (χ1v) is 9.23. The molecule has 152 valence electrons. The summed E-state index contributed by atoms with van der Waals surface area (Å²) in [6, 6.07) is 4.20. The molecule has 9 heteroatoms. The van der Waals surface area contributed by atoms with Crippen LogP contribution in [0.4, 0.5) is 19.0 Å². The second-order valence-corrected chi connectivity index (χ2v) is 7.39. The number of carbonyl (C=O) groups is 1. The van der Waals surface area contributed by atoms with Gasteiger partial charge in [-0.15, -0.1) is 5.10 Å². The standard InChI is InChI=1S/C16H26N4.C2HF3O2/c1-3-9-19-11-8-16(12-19)7-4-10-20(13-16)15-6-5-14(2)17-18-15;3-2(4,5)1(6)7/h5-6H,3-4,7-13H2,1-2H3;(H,6,7). The molecule has 0 aliphatic carbocycles. The number of halogens is 3. The maximum atomic E-state index is 10.6. The maximum absolute atomic E-state index is 10.6. The van der Waals surface area contributed by atoms with Gasteiger partial charge >= 0.3 is 12.1 Å². The number of aryl methyl sites for hydroxylation is 1. The normalized spacial score (nSPS) is 23.2. The van der Waals surface area contributed by atoms with Crippen molar-refractivity contribution < 1.29 is 23.1 Å². The molecule has 0 aromatic carbocycles. The minimum atomic E-state index is -5.08. The Hall–Kier alpha value is -1.90. The van der Waals surface area contributed by atoms with Crippen LogP contribution in [0.3, 0.4) is 0 Å². The van der Waals surface area contributed by atoms with Crippen LogP contribution in [0.1, 0.15) is 38.3 Å². The van der Waals surface area contributed by atoms with E-state index in [0.717, 1.165) is 24.6 Å². The van der Waals surface area contributed by atoms with Crippen molar-refractivity contribution in [2.24, 2.45) is 5.41 Å². The van der Waals surface area contributed by atoms with Crippen LogP contribution in [0, 0.1) is 12.3 Å². The summed E-state index contributed by atoms with van der Waals surface area (Å²) in [5, 5.41) is 15.7. The smallest absolute Gasteiger partial charge is 0.475 e. The van der Waals surface area contributed by atoms with Crippen molar-refractivity contribution in [1.29, 1.82) is 0 Å². The Balaban J connectivity index is 0.000000321. The van der Waals surface area contributed by atoms with E-state index in [0.29, 0.717) is 5.41 Å². The number of aliphatic carboxylic acids is 1. The number of carboxylic acids is 1. The van der Waals surface area contributed by atoms with E-state index >= 15 is 0 Å². The monoisotopic (exact) mass is 388 g/mol. The summed E-state index contributed by atoms with van der Waals surface area (Å²) in [6.45, 7) is 10.4. The molecule has 2 aliphatic heterocycles. The molecule has 27 heavy (non-hydrogen) atoms. The third kappa shape index (κ3) is 6.05. The molecule has 2 aliphatic rings. The summed E-state index contributed by atoms with van der Waals surface area (Å²) < 4.78 is 31.7. The van der Waals surface area contributed by atoms with Crippen molar-refractivity contribution >= 4 is 11.8 Å². The zero-order chi connectivity index (χ0) is 20.1. The van der Waals surface area contributed by atoms with Crippen molar-refractivity contribution in [2.75, 3.05) is 37.6 Å². The van der Waals surface area contributed by atoms with Gasteiger partial charge in [-0.25, -0.2) is 4.79 Å². The van der Waals surface area contributed by atoms with Crippen molar-refractivity contribution in [3.8, 4) is 0 Å². The third-order valence-corrected chi connectivity index (χ3v) is 5.07. The highest BCUT2D eigenvalue weighted by Gasteiger charge is 2.41. The van der Waals surface area contributed by atoms with Crippen molar-refractivity contribution in [3.05, 3.63) is 17.8 Å². The van der Waals surface area contributed by atoms with E-state index in [-0.39, 0.29) is 0 Å². The fourth-order valence-electron chi connectivity index (χ4n) is 3.83. The molecule has 6 nitrogen and oxygen atoms in total. The van der Waals surface area contributed by atoms with E-state index in [4.69, 9.17) is 9.90 Å². The topological polar surface area (TPSA) is 69.6 Å². The van der Waals surface area contributed by atoms with Gasteiger partial charge in [0.25, 0.3) is 0 Å². The van der Waals surface area contributed by atoms with Gasteiger partial charge in [0, 0.05) is 25.0 Å². The Bertz CT molecular complexity index is 624. The van der Waals surface area contributed by atoms with Crippen LogP contribution in [-0.4, -0.2) is 65.1 Å². The number of hydrogen-bond donors (Lipinski definition) is 1. The lowest BCUT2D eigenvalue weighted by Crippen LogP contribution is -2.45. The van der Waals surface area contributed by atoms with E-state index < -0.39 is 12.1 Å². The van der Waals surface area contributed by atoms with E-state index in [1.807, 2.05) is 6.92 Å². The highest BCUT2D eigenvalue weighted by atomic mass is 19.4. The number of piperidine rings is 1. The lowest BCUT2D eigenvalue weighted by Gasteiger charge is -2.41. The number of likely N-dealkylation sites (tertiary alicyclic amines) is 1. The molecule has 1 spiro atoms. The molecule has 1 N–H and O–H groups in total. The van der Waals surface area contributed by atoms with Crippen molar-refractivity contribution in [3.63, 3.8) is 0 Å². The van der Waals surface area contributed by atoms with Gasteiger partial charge in [-0.05, 0) is 57.8 Å². The van der Waals surface area contributed by atoms with Crippen LogP contribution in [0.2, 0.25) is 0 Å². The number of alkyl halides is 3. The molecule has 3 heterocycles. The molecule has 1 aromatic rings. The van der Waals surface area contributed by atoms with Gasteiger partial charge in [0.2, 0.25) is 0 Å².